The number of benzene rings is 1. The fraction of sp³-hybridized carbons (Fsp3) is 0.278. The minimum absolute atomic E-state index is 0.238. The Morgan fingerprint density at radius 2 is 2.15 bits per heavy atom. The van der Waals surface area contributed by atoms with Gasteiger partial charge in [0, 0.05) is 0 Å². The maximum absolute atomic E-state index is 12.7. The van der Waals surface area contributed by atoms with Crippen LogP contribution in [0.3, 0.4) is 0 Å². The molecule has 1 atom stereocenters. The number of hydrogen-bond donors (Lipinski definition) is 0. The van der Waals surface area contributed by atoms with E-state index >= 15 is 0 Å². The summed E-state index contributed by atoms with van der Waals surface area (Å²) >= 11 is 7.83. The largest absolute Gasteiger partial charge is 0.548 e. The molecule has 1 aliphatic rings. The molecule has 1 aromatic rings. The zero-order valence-electron chi connectivity index (χ0n) is 14.2. The molecule has 0 aliphatic carbocycles. The van der Waals surface area contributed by atoms with Crippen LogP contribution in [0.25, 0.3) is 6.08 Å². The second-order valence-electron chi connectivity index (χ2n) is 5.34. The summed E-state index contributed by atoms with van der Waals surface area (Å²) in [5, 5.41) is 11.4. The normalized spacial score (nSPS) is 16.8. The third-order valence-corrected chi connectivity index (χ3v) is 5.52. The Kier molecular flexibility index (Phi) is 7.74. The van der Waals surface area contributed by atoms with Gasteiger partial charge in [0.25, 0.3) is 5.91 Å². The molecule has 1 saturated heterocycles. The Balaban J connectivity index is 2.17. The lowest BCUT2D eigenvalue weighted by molar-refractivity contribution is -0.310. The summed E-state index contributed by atoms with van der Waals surface area (Å²) in [6.45, 7) is 4.01. The Bertz CT molecular complexity index is 730. The molecule has 0 aromatic heterocycles. The fourth-order valence-electron chi connectivity index (χ4n) is 2.30. The molecule has 0 saturated carbocycles. The van der Waals surface area contributed by atoms with Crippen molar-refractivity contribution in [1.29, 1.82) is 0 Å². The first kappa shape index (κ1) is 20.5. The van der Waals surface area contributed by atoms with E-state index in [-0.39, 0.29) is 4.32 Å². The van der Waals surface area contributed by atoms with Gasteiger partial charge in [0.1, 0.15) is 16.7 Å². The molecule has 1 amide bonds. The molecule has 1 aromatic carbocycles. The van der Waals surface area contributed by atoms with Gasteiger partial charge in [-0.1, -0.05) is 48.8 Å². The third kappa shape index (κ3) is 5.12. The number of thioether (sulfide) groups is 2. The van der Waals surface area contributed by atoms with Crippen molar-refractivity contribution in [2.45, 2.75) is 12.5 Å². The van der Waals surface area contributed by atoms with E-state index in [1.807, 2.05) is 18.4 Å². The van der Waals surface area contributed by atoms with Crippen molar-refractivity contribution in [2.24, 2.45) is 0 Å². The van der Waals surface area contributed by atoms with Crippen LogP contribution in [0, 0.1) is 0 Å². The van der Waals surface area contributed by atoms with Crippen molar-refractivity contribution in [3.8, 4) is 5.75 Å². The highest BCUT2D eigenvalue weighted by atomic mass is 32.2. The molecule has 1 fully saturated rings. The number of carbonyl (C=O) groups excluding carboxylic acids is 2. The van der Waals surface area contributed by atoms with E-state index in [1.54, 1.807) is 24.3 Å². The van der Waals surface area contributed by atoms with Gasteiger partial charge in [0.05, 0.1) is 16.9 Å². The highest BCUT2D eigenvalue weighted by Gasteiger charge is 2.37. The molecule has 8 heteroatoms. The maximum Gasteiger partial charge on any atom is 0.266 e. The van der Waals surface area contributed by atoms with Crippen LogP contribution in [0.15, 0.2) is 41.8 Å². The number of aliphatic carboxylic acids is 1. The molecular formula is C18H18NO4S3-. The predicted octanol–water partition coefficient (Wildman–Crippen LogP) is 2.32. The highest BCUT2D eigenvalue weighted by molar-refractivity contribution is 8.26. The van der Waals surface area contributed by atoms with Crippen LogP contribution in [0.5, 0.6) is 5.75 Å². The minimum Gasteiger partial charge on any atom is -0.548 e. The van der Waals surface area contributed by atoms with Crippen LogP contribution in [-0.4, -0.2) is 45.8 Å². The van der Waals surface area contributed by atoms with Crippen molar-refractivity contribution >= 4 is 58.0 Å². The lowest BCUT2D eigenvalue weighted by atomic mass is 10.1. The van der Waals surface area contributed by atoms with Crippen molar-refractivity contribution in [3.05, 3.63) is 47.4 Å². The van der Waals surface area contributed by atoms with Gasteiger partial charge in [-0.2, -0.15) is 11.8 Å². The second-order valence-corrected chi connectivity index (χ2v) is 8.00. The molecule has 0 bridgehead atoms. The van der Waals surface area contributed by atoms with Crippen molar-refractivity contribution < 1.29 is 19.4 Å². The maximum atomic E-state index is 12.7. The van der Waals surface area contributed by atoms with E-state index < -0.39 is 17.9 Å². The van der Waals surface area contributed by atoms with Gasteiger partial charge >= 0.3 is 0 Å². The van der Waals surface area contributed by atoms with E-state index in [9.17, 15) is 14.7 Å². The Labute approximate surface area is 166 Å². The molecule has 138 valence electrons. The number of ether oxygens (including phenoxy) is 1. The topological polar surface area (TPSA) is 69.7 Å². The summed E-state index contributed by atoms with van der Waals surface area (Å²) in [7, 11) is 0. The van der Waals surface area contributed by atoms with Crippen molar-refractivity contribution in [1.82, 2.24) is 4.90 Å². The molecular weight excluding hydrogens is 390 g/mol. The number of rotatable bonds is 9. The van der Waals surface area contributed by atoms with Gasteiger partial charge in [-0.05, 0) is 42.2 Å². The number of carboxylic acids is 1. The van der Waals surface area contributed by atoms with Crippen LogP contribution < -0.4 is 9.84 Å². The van der Waals surface area contributed by atoms with E-state index in [0.29, 0.717) is 29.4 Å². The standard InChI is InChI=1S/C18H19NO4S3/c1-3-9-23-13-6-4-12(5-7-13)11-15-16(20)19(18(24)26-15)14(17(21)22)8-10-25-2/h3-7,11,14H,1,8-10H2,2H3,(H,21,22)/p-1/b15-11-/t14-/m1/s1. The van der Waals surface area contributed by atoms with E-state index in [2.05, 4.69) is 6.58 Å². The number of nitrogens with zero attached hydrogens (tertiary/aromatic N) is 1. The first-order chi connectivity index (χ1) is 12.5. The summed E-state index contributed by atoms with van der Waals surface area (Å²) in [6, 6.07) is 6.16. The first-order valence-electron chi connectivity index (χ1n) is 7.78. The van der Waals surface area contributed by atoms with Gasteiger partial charge in [-0.25, -0.2) is 0 Å². The van der Waals surface area contributed by atoms with Gasteiger partial charge in [0.15, 0.2) is 0 Å². The van der Waals surface area contributed by atoms with E-state index in [1.165, 1.54) is 11.8 Å². The second kappa shape index (κ2) is 9.80. The molecule has 0 unspecified atom stereocenters. The van der Waals surface area contributed by atoms with E-state index in [0.717, 1.165) is 22.2 Å². The Morgan fingerprint density at radius 1 is 1.46 bits per heavy atom. The lowest BCUT2D eigenvalue weighted by Crippen LogP contribution is -2.50. The number of thiocarbonyl (C=S) groups is 1. The summed E-state index contributed by atoms with van der Waals surface area (Å²) in [6.07, 6.45) is 5.51. The molecule has 5 nitrogen and oxygen atoms in total. The Morgan fingerprint density at radius 3 is 2.73 bits per heavy atom. The summed E-state index contributed by atoms with van der Waals surface area (Å²) in [4.78, 5) is 25.6. The van der Waals surface area contributed by atoms with Gasteiger partial charge in [-0.3, -0.25) is 9.69 Å². The summed E-state index contributed by atoms with van der Waals surface area (Å²) < 4.78 is 5.66. The number of hydrogen-bond acceptors (Lipinski definition) is 7. The van der Waals surface area contributed by atoms with E-state index in [4.69, 9.17) is 17.0 Å². The van der Waals surface area contributed by atoms with Crippen LogP contribution in [0.4, 0.5) is 0 Å². The van der Waals surface area contributed by atoms with Crippen molar-refractivity contribution in [2.75, 3.05) is 18.6 Å². The quantitative estimate of drug-likeness (QED) is 0.353. The first-order valence-corrected chi connectivity index (χ1v) is 10.4. The van der Waals surface area contributed by atoms with Gasteiger partial charge in [-0.15, -0.1) is 0 Å². The number of amides is 1. The van der Waals surface area contributed by atoms with Crippen molar-refractivity contribution in [3.63, 3.8) is 0 Å². The average Bonchev–Trinajstić information content (AvgIpc) is 2.89. The number of carbonyl (C=O) groups is 2. The molecule has 0 N–H and O–H groups in total. The zero-order chi connectivity index (χ0) is 19.1. The zero-order valence-corrected chi connectivity index (χ0v) is 16.6. The SMILES string of the molecule is C=CCOc1ccc(/C=C2\SC(=S)N([C@H](CCSC)C(=O)[O-])C2=O)cc1. The van der Waals surface area contributed by atoms with Crippen LogP contribution in [0.2, 0.25) is 0 Å². The molecule has 26 heavy (non-hydrogen) atoms. The molecule has 1 aliphatic heterocycles. The van der Waals surface area contributed by atoms with Crippen LogP contribution in [-0.2, 0) is 9.59 Å². The van der Waals surface area contributed by atoms with Gasteiger partial charge < -0.3 is 14.6 Å². The average molecular weight is 409 g/mol. The lowest BCUT2D eigenvalue weighted by Gasteiger charge is -2.27. The molecule has 0 radical (unpaired) electrons. The summed E-state index contributed by atoms with van der Waals surface area (Å²) in [5.74, 6) is -0.396. The minimum atomic E-state index is -1.29. The number of carboxylic acid groups (broad SMARTS) is 1. The van der Waals surface area contributed by atoms with Crippen LogP contribution >= 0.6 is 35.7 Å². The Hall–Kier alpha value is -1.77. The van der Waals surface area contributed by atoms with Crippen LogP contribution in [0.1, 0.15) is 12.0 Å². The smallest absolute Gasteiger partial charge is 0.266 e. The van der Waals surface area contributed by atoms with Gasteiger partial charge in [0.2, 0.25) is 0 Å². The summed E-state index contributed by atoms with van der Waals surface area (Å²) in [5.41, 5.74) is 0.797. The monoisotopic (exact) mass is 408 g/mol. The molecule has 0 spiro atoms. The predicted molar refractivity (Wildman–Crippen MR) is 109 cm³/mol. The molecule has 1 heterocycles. The fourth-order valence-corrected chi connectivity index (χ4v) is 4.11. The highest BCUT2D eigenvalue weighted by Crippen LogP contribution is 2.34. The third-order valence-electron chi connectivity index (χ3n) is 3.55. The molecule has 2 rings (SSSR count).